The standard InChI is InChI=1S/C23H26N4O2/c1-26-8-4-6-17(12-26)23(28)25-19-9-18-13-27(15-24)14-22(18)21(11-19)16-5-3-7-20(10-16)29-2/h3,5,7,9-11,17H,4,6,8,12-14H2,1-2H3,(H,25,28). The number of nitrogens with zero attached hydrogens (tertiary/aromatic N) is 3. The molecule has 29 heavy (non-hydrogen) atoms. The van der Waals surface area contributed by atoms with Gasteiger partial charge in [-0.25, -0.2) is 0 Å². The SMILES string of the molecule is COc1cccc(-c2cc(NC(=O)C3CCCN(C)C3)cc3c2CN(C#N)C3)c1. The normalized spacial score (nSPS) is 18.8. The van der Waals surface area contributed by atoms with Crippen LogP contribution in [-0.4, -0.2) is 43.0 Å². The summed E-state index contributed by atoms with van der Waals surface area (Å²) in [7, 11) is 3.71. The Morgan fingerprint density at radius 1 is 1.28 bits per heavy atom. The average molecular weight is 390 g/mol. The molecule has 2 heterocycles. The topological polar surface area (TPSA) is 68.6 Å². The van der Waals surface area contributed by atoms with Gasteiger partial charge in [0.1, 0.15) is 5.75 Å². The van der Waals surface area contributed by atoms with Crippen molar-refractivity contribution in [3.8, 4) is 23.1 Å². The van der Waals surface area contributed by atoms with Crippen LogP contribution in [0.5, 0.6) is 5.75 Å². The van der Waals surface area contributed by atoms with E-state index in [-0.39, 0.29) is 11.8 Å². The number of nitriles is 1. The van der Waals surface area contributed by atoms with Gasteiger partial charge in [0, 0.05) is 12.2 Å². The summed E-state index contributed by atoms with van der Waals surface area (Å²) in [6, 6.07) is 11.9. The largest absolute Gasteiger partial charge is 0.497 e. The van der Waals surface area contributed by atoms with Crippen LogP contribution in [0, 0.1) is 17.4 Å². The third-order valence-corrected chi connectivity index (χ3v) is 5.84. The quantitative estimate of drug-likeness (QED) is 0.810. The Kier molecular flexibility index (Phi) is 5.41. The van der Waals surface area contributed by atoms with Crippen molar-refractivity contribution >= 4 is 11.6 Å². The van der Waals surface area contributed by atoms with Crippen LogP contribution < -0.4 is 10.1 Å². The first-order chi connectivity index (χ1) is 14.1. The monoisotopic (exact) mass is 390 g/mol. The second kappa shape index (κ2) is 8.14. The Morgan fingerprint density at radius 3 is 2.90 bits per heavy atom. The van der Waals surface area contributed by atoms with Crippen LogP contribution in [0.15, 0.2) is 36.4 Å². The molecule has 2 aromatic carbocycles. The van der Waals surface area contributed by atoms with Gasteiger partial charge in [-0.2, -0.15) is 5.26 Å². The maximum Gasteiger partial charge on any atom is 0.228 e. The van der Waals surface area contributed by atoms with Gasteiger partial charge in [0.05, 0.1) is 26.1 Å². The van der Waals surface area contributed by atoms with Gasteiger partial charge in [-0.05, 0) is 73.0 Å². The van der Waals surface area contributed by atoms with E-state index >= 15 is 0 Å². The van der Waals surface area contributed by atoms with E-state index in [4.69, 9.17) is 4.74 Å². The Balaban J connectivity index is 1.67. The number of methoxy groups -OCH3 is 1. The molecule has 1 fully saturated rings. The number of hydrogen-bond donors (Lipinski definition) is 1. The summed E-state index contributed by atoms with van der Waals surface area (Å²) in [4.78, 5) is 16.8. The third-order valence-electron chi connectivity index (χ3n) is 5.84. The summed E-state index contributed by atoms with van der Waals surface area (Å²) in [6.07, 6.45) is 4.21. The first-order valence-electron chi connectivity index (χ1n) is 10.0. The molecule has 2 aliphatic heterocycles. The lowest BCUT2D eigenvalue weighted by molar-refractivity contribution is -0.121. The third kappa shape index (κ3) is 4.06. The molecule has 1 amide bonds. The van der Waals surface area contributed by atoms with Crippen molar-refractivity contribution in [3.05, 3.63) is 47.5 Å². The van der Waals surface area contributed by atoms with Crippen LogP contribution in [0.25, 0.3) is 11.1 Å². The predicted molar refractivity (Wildman–Crippen MR) is 112 cm³/mol. The zero-order valence-corrected chi connectivity index (χ0v) is 16.9. The summed E-state index contributed by atoms with van der Waals surface area (Å²) in [5.74, 6) is 0.868. The number of ether oxygens (including phenoxy) is 1. The fourth-order valence-corrected chi connectivity index (χ4v) is 4.33. The summed E-state index contributed by atoms with van der Waals surface area (Å²) in [5.41, 5.74) is 5.07. The smallest absolute Gasteiger partial charge is 0.228 e. The molecule has 6 heteroatoms. The fraction of sp³-hybridized carbons (Fsp3) is 0.391. The number of piperidine rings is 1. The molecule has 150 valence electrons. The van der Waals surface area contributed by atoms with E-state index in [0.717, 1.165) is 59.6 Å². The molecule has 6 nitrogen and oxygen atoms in total. The first-order valence-corrected chi connectivity index (χ1v) is 10.0. The van der Waals surface area contributed by atoms with E-state index in [2.05, 4.69) is 23.5 Å². The number of carbonyl (C=O) groups is 1. The molecule has 1 atom stereocenters. The highest BCUT2D eigenvalue weighted by atomic mass is 16.5. The molecular weight excluding hydrogens is 364 g/mol. The summed E-state index contributed by atoms with van der Waals surface area (Å²) < 4.78 is 5.39. The van der Waals surface area contributed by atoms with Crippen LogP contribution in [0.2, 0.25) is 0 Å². The molecule has 2 aliphatic rings. The van der Waals surface area contributed by atoms with E-state index < -0.39 is 0 Å². The molecule has 0 aromatic heterocycles. The maximum absolute atomic E-state index is 12.9. The molecule has 0 radical (unpaired) electrons. The van der Waals surface area contributed by atoms with Crippen molar-refractivity contribution < 1.29 is 9.53 Å². The molecule has 2 aromatic rings. The molecule has 0 spiro atoms. The van der Waals surface area contributed by atoms with E-state index in [1.807, 2.05) is 36.4 Å². The molecule has 1 saturated heterocycles. The number of rotatable bonds is 4. The Morgan fingerprint density at radius 2 is 2.14 bits per heavy atom. The van der Waals surface area contributed by atoms with Crippen molar-refractivity contribution in [2.45, 2.75) is 25.9 Å². The van der Waals surface area contributed by atoms with Gasteiger partial charge in [0.15, 0.2) is 6.19 Å². The Hall–Kier alpha value is -3.04. The minimum absolute atomic E-state index is 0.0119. The number of benzene rings is 2. The number of carbonyl (C=O) groups excluding carboxylic acids is 1. The van der Waals surface area contributed by atoms with Gasteiger partial charge in [-0.3, -0.25) is 4.79 Å². The van der Waals surface area contributed by atoms with Gasteiger partial charge in [0.2, 0.25) is 5.91 Å². The van der Waals surface area contributed by atoms with Gasteiger partial charge < -0.3 is 19.9 Å². The minimum Gasteiger partial charge on any atom is -0.497 e. The van der Waals surface area contributed by atoms with E-state index in [0.29, 0.717) is 13.1 Å². The van der Waals surface area contributed by atoms with Crippen molar-refractivity contribution in [3.63, 3.8) is 0 Å². The Bertz CT molecular complexity index is 966. The number of amides is 1. The van der Waals surface area contributed by atoms with E-state index in [1.165, 1.54) is 0 Å². The lowest BCUT2D eigenvalue weighted by Gasteiger charge is -2.28. The molecule has 4 rings (SSSR count). The lowest BCUT2D eigenvalue weighted by Crippen LogP contribution is -2.38. The molecule has 0 aliphatic carbocycles. The average Bonchev–Trinajstić information content (AvgIpc) is 3.16. The van der Waals surface area contributed by atoms with Gasteiger partial charge in [-0.15, -0.1) is 0 Å². The molecule has 1 N–H and O–H groups in total. The van der Waals surface area contributed by atoms with Crippen molar-refractivity contribution in [1.82, 2.24) is 9.80 Å². The van der Waals surface area contributed by atoms with Crippen LogP contribution >= 0.6 is 0 Å². The number of nitrogens with one attached hydrogen (secondary N) is 1. The lowest BCUT2D eigenvalue weighted by atomic mass is 9.95. The van der Waals surface area contributed by atoms with Crippen LogP contribution in [0.1, 0.15) is 24.0 Å². The van der Waals surface area contributed by atoms with Crippen molar-refractivity contribution in [2.24, 2.45) is 5.92 Å². The van der Waals surface area contributed by atoms with Gasteiger partial charge in [0.25, 0.3) is 0 Å². The zero-order valence-electron chi connectivity index (χ0n) is 16.9. The zero-order chi connectivity index (χ0) is 20.4. The summed E-state index contributed by atoms with van der Waals surface area (Å²) in [5, 5.41) is 12.5. The number of hydrogen-bond acceptors (Lipinski definition) is 5. The second-order valence-corrected chi connectivity index (χ2v) is 7.94. The minimum atomic E-state index is 0.0119. The van der Waals surface area contributed by atoms with E-state index in [1.54, 1.807) is 12.0 Å². The van der Waals surface area contributed by atoms with Crippen LogP contribution in [-0.2, 0) is 17.9 Å². The number of likely N-dealkylation sites (tertiary alicyclic amines) is 1. The predicted octanol–water partition coefficient (Wildman–Crippen LogP) is 3.44. The first kappa shape index (κ1) is 19.3. The fourth-order valence-electron chi connectivity index (χ4n) is 4.33. The highest BCUT2D eigenvalue weighted by Gasteiger charge is 2.26. The number of anilines is 1. The number of fused-ring (bicyclic) bond motifs is 1. The molecule has 1 unspecified atom stereocenters. The molecule has 0 saturated carbocycles. The van der Waals surface area contributed by atoms with Gasteiger partial charge >= 0.3 is 0 Å². The van der Waals surface area contributed by atoms with Crippen molar-refractivity contribution in [1.29, 1.82) is 5.26 Å². The van der Waals surface area contributed by atoms with Crippen LogP contribution in [0.3, 0.4) is 0 Å². The maximum atomic E-state index is 12.9. The van der Waals surface area contributed by atoms with Crippen LogP contribution in [0.4, 0.5) is 5.69 Å². The Labute approximate surface area is 171 Å². The molecular formula is C23H26N4O2. The second-order valence-electron chi connectivity index (χ2n) is 7.94. The van der Waals surface area contributed by atoms with E-state index in [9.17, 15) is 10.1 Å². The van der Waals surface area contributed by atoms with Gasteiger partial charge in [-0.1, -0.05) is 12.1 Å². The van der Waals surface area contributed by atoms with Crippen molar-refractivity contribution in [2.75, 3.05) is 32.6 Å². The summed E-state index contributed by atoms with van der Waals surface area (Å²) >= 11 is 0. The highest BCUT2D eigenvalue weighted by molar-refractivity contribution is 5.94. The highest BCUT2D eigenvalue weighted by Crippen LogP contribution is 2.36. The molecule has 0 bridgehead atoms. The summed E-state index contributed by atoms with van der Waals surface area (Å²) in [6.45, 7) is 2.99.